The molecule has 0 bridgehead atoms. The third-order valence-electron chi connectivity index (χ3n) is 8.21. The van der Waals surface area contributed by atoms with E-state index in [0.29, 0.717) is 44.6 Å². The van der Waals surface area contributed by atoms with Gasteiger partial charge in [-0.1, -0.05) is 72.3 Å². The molecule has 3 aliphatic rings. The van der Waals surface area contributed by atoms with Crippen LogP contribution in [0.2, 0.25) is 0 Å². The largest absolute Gasteiger partial charge is 0.393 e. The summed E-state index contributed by atoms with van der Waals surface area (Å²) in [4.78, 5) is 19.7. The number of carbonyl (C=O) groups is 1. The first-order chi connectivity index (χ1) is 18.4. The lowest BCUT2D eigenvalue weighted by Crippen LogP contribution is -2.56. The Morgan fingerprint density at radius 2 is 1.76 bits per heavy atom. The zero-order valence-corrected chi connectivity index (χ0v) is 22.3. The van der Waals surface area contributed by atoms with Crippen molar-refractivity contribution in [3.63, 3.8) is 0 Å². The van der Waals surface area contributed by atoms with Gasteiger partial charge in [0.25, 0.3) is 5.91 Å². The number of benzene rings is 2. The van der Waals surface area contributed by atoms with E-state index in [0.717, 1.165) is 29.5 Å². The maximum Gasteiger partial charge on any atom is 0.270 e. The molecular weight excluding hydrogens is 477 g/mol. The predicted octanol–water partition coefficient (Wildman–Crippen LogP) is 5.43. The van der Waals surface area contributed by atoms with E-state index in [1.54, 1.807) is 4.90 Å². The van der Waals surface area contributed by atoms with Gasteiger partial charge < -0.3 is 21.8 Å². The molecule has 38 heavy (non-hydrogen) atoms. The number of hydrogen-bond acceptors (Lipinski definition) is 4. The number of likely N-dealkylation sites (tertiary alicyclic amines) is 2. The molecular formula is C32H39FN3O2-. The van der Waals surface area contributed by atoms with Crippen LogP contribution in [-0.4, -0.2) is 70.2 Å². The summed E-state index contributed by atoms with van der Waals surface area (Å²) < 4.78 is 15.4. The maximum absolute atomic E-state index is 15.4. The van der Waals surface area contributed by atoms with Gasteiger partial charge in [-0.2, -0.15) is 0 Å². The zero-order valence-electron chi connectivity index (χ0n) is 22.3. The van der Waals surface area contributed by atoms with Crippen molar-refractivity contribution < 1.29 is 14.3 Å². The van der Waals surface area contributed by atoms with E-state index < -0.39 is 6.17 Å². The second kappa shape index (κ2) is 11.8. The monoisotopic (exact) mass is 516 g/mol. The number of rotatable bonds is 5. The quantitative estimate of drug-likeness (QED) is 0.539. The van der Waals surface area contributed by atoms with Crippen molar-refractivity contribution in [2.75, 3.05) is 26.2 Å². The molecule has 2 saturated heterocycles. The van der Waals surface area contributed by atoms with Gasteiger partial charge in [0.2, 0.25) is 0 Å². The van der Waals surface area contributed by atoms with E-state index >= 15 is 4.39 Å². The number of nitrogens with zero attached hydrogens (tertiary/aromatic N) is 3. The lowest BCUT2D eigenvalue weighted by atomic mass is 9.94. The number of allylic oxidation sites excluding steroid dienone is 2. The summed E-state index contributed by atoms with van der Waals surface area (Å²) in [6.45, 7) is 8.64. The first-order valence-corrected chi connectivity index (χ1v) is 13.9. The molecule has 1 N–H and O–H groups in total. The molecule has 3 atom stereocenters. The summed E-state index contributed by atoms with van der Waals surface area (Å²) in [5.41, 5.74) is 5.02. The Morgan fingerprint density at radius 1 is 1.03 bits per heavy atom. The van der Waals surface area contributed by atoms with Gasteiger partial charge in [-0.3, -0.25) is 9.69 Å². The van der Waals surface area contributed by atoms with Crippen LogP contribution in [0.4, 0.5) is 4.39 Å². The van der Waals surface area contributed by atoms with Crippen LogP contribution >= 0.6 is 0 Å². The second-order valence-corrected chi connectivity index (χ2v) is 10.8. The van der Waals surface area contributed by atoms with Crippen LogP contribution in [0.15, 0.2) is 72.6 Å². The normalized spacial score (nSPS) is 24.2. The van der Waals surface area contributed by atoms with Gasteiger partial charge in [0.1, 0.15) is 11.9 Å². The van der Waals surface area contributed by atoms with Crippen molar-refractivity contribution in [2.45, 2.75) is 63.4 Å². The fourth-order valence-electron chi connectivity index (χ4n) is 5.96. The van der Waals surface area contributed by atoms with Crippen LogP contribution in [0.1, 0.15) is 49.3 Å². The van der Waals surface area contributed by atoms with E-state index in [1.807, 2.05) is 29.3 Å². The van der Waals surface area contributed by atoms with Gasteiger partial charge in [0.05, 0.1) is 12.6 Å². The summed E-state index contributed by atoms with van der Waals surface area (Å²) in [5.74, 6) is -0.131. The van der Waals surface area contributed by atoms with Crippen molar-refractivity contribution >= 4 is 5.91 Å². The minimum absolute atomic E-state index is 0.0964. The molecule has 5 nitrogen and oxygen atoms in total. The molecule has 2 aromatic rings. The lowest BCUT2D eigenvalue weighted by Gasteiger charge is -2.44. The molecule has 3 heterocycles. The van der Waals surface area contributed by atoms with Gasteiger partial charge in [-0.15, -0.1) is 0 Å². The highest BCUT2D eigenvalue weighted by molar-refractivity contribution is 5.93. The van der Waals surface area contributed by atoms with Crippen LogP contribution < -0.4 is 0 Å². The topological polar surface area (TPSA) is 47.0 Å². The van der Waals surface area contributed by atoms with Crippen molar-refractivity contribution in [1.29, 1.82) is 0 Å². The van der Waals surface area contributed by atoms with E-state index in [4.69, 9.17) is 0 Å². The molecule has 6 heteroatoms. The lowest BCUT2D eigenvalue weighted by molar-refractivity contribution is -0.132. The maximum atomic E-state index is 15.4. The second-order valence-electron chi connectivity index (χ2n) is 10.8. The number of halogens is 1. The average molecular weight is 517 g/mol. The van der Waals surface area contributed by atoms with E-state index in [2.05, 4.69) is 61.2 Å². The highest BCUT2D eigenvalue weighted by Gasteiger charge is 2.37. The molecule has 2 aromatic carbocycles. The number of amides is 1. The number of aryl methyl sites for hydroxylation is 1. The third kappa shape index (κ3) is 5.71. The molecule has 3 unspecified atom stereocenters. The minimum Gasteiger partial charge on any atom is -0.393 e. The fraction of sp³-hybridized carbons (Fsp3) is 0.438. The Hall–Kier alpha value is -2.96. The molecule has 1 amide bonds. The van der Waals surface area contributed by atoms with E-state index in [1.165, 1.54) is 5.56 Å². The van der Waals surface area contributed by atoms with Gasteiger partial charge in [0, 0.05) is 25.7 Å². The SMILES string of the molecule is [CH2-]C(c1ccccc1-c1ccc(C)cc1)N1C=CCCC=C1C(=O)N1CCC(N2CCC(O)CC2)C(F)C1. The number of piperidine rings is 2. The molecule has 0 radical (unpaired) electrons. The molecule has 0 aliphatic carbocycles. The Morgan fingerprint density at radius 3 is 2.50 bits per heavy atom. The Bertz CT molecular complexity index is 1170. The number of alkyl halides is 1. The minimum atomic E-state index is -1.10. The Labute approximate surface area is 226 Å². The molecule has 2 fully saturated rings. The van der Waals surface area contributed by atoms with E-state index in [9.17, 15) is 9.90 Å². The van der Waals surface area contributed by atoms with Gasteiger partial charge in [0.15, 0.2) is 0 Å². The van der Waals surface area contributed by atoms with E-state index in [-0.39, 0.29) is 30.6 Å². The highest BCUT2D eigenvalue weighted by atomic mass is 19.1. The molecule has 3 aliphatic heterocycles. The first kappa shape index (κ1) is 26.6. The average Bonchev–Trinajstić information content (AvgIpc) is 3.19. The van der Waals surface area contributed by atoms with Crippen molar-refractivity contribution in [3.8, 4) is 11.1 Å². The number of carbonyl (C=O) groups excluding carboxylic acids is 1. The highest BCUT2D eigenvalue weighted by Crippen LogP contribution is 2.35. The van der Waals surface area contributed by atoms with Crippen LogP contribution in [0.3, 0.4) is 0 Å². The van der Waals surface area contributed by atoms with Crippen molar-refractivity contribution in [3.05, 3.63) is 90.6 Å². The number of aliphatic hydroxyl groups excluding tert-OH is 1. The van der Waals surface area contributed by atoms with Gasteiger partial charge >= 0.3 is 0 Å². The predicted molar refractivity (Wildman–Crippen MR) is 150 cm³/mol. The van der Waals surface area contributed by atoms with Crippen LogP contribution in [0, 0.1) is 13.8 Å². The molecule has 0 saturated carbocycles. The fourth-order valence-corrected chi connectivity index (χ4v) is 5.96. The Kier molecular flexibility index (Phi) is 8.29. The van der Waals surface area contributed by atoms with Gasteiger partial charge in [-0.25, -0.2) is 4.39 Å². The van der Waals surface area contributed by atoms with Crippen LogP contribution in [0.25, 0.3) is 11.1 Å². The molecule has 0 spiro atoms. The summed E-state index contributed by atoms with van der Waals surface area (Å²) in [6.07, 6.45) is 8.24. The van der Waals surface area contributed by atoms with Crippen LogP contribution in [0.5, 0.6) is 0 Å². The summed E-state index contributed by atoms with van der Waals surface area (Å²) in [7, 11) is 0. The third-order valence-corrected chi connectivity index (χ3v) is 8.21. The molecule has 0 aromatic heterocycles. The molecule has 5 rings (SSSR count). The number of aliphatic hydroxyl groups is 1. The zero-order chi connectivity index (χ0) is 26.6. The standard InChI is InChI=1S/C32H39FN3O2/c1-23-11-13-25(14-12-23)28-9-6-5-8-27(28)24(2)36-18-7-3-4-10-31(36)32(38)35-21-17-30(29(33)22-35)34-19-15-26(37)16-20-34/h5-14,18,24,26,29-30,37H,2-4,15-17,19-22H2,1H3/q-1. The summed E-state index contributed by atoms with van der Waals surface area (Å²) in [5, 5.41) is 9.82. The van der Waals surface area contributed by atoms with Gasteiger partial charge in [-0.05, 0) is 61.9 Å². The Balaban J connectivity index is 1.34. The van der Waals surface area contributed by atoms with Crippen LogP contribution in [-0.2, 0) is 4.79 Å². The number of hydrogen-bond donors (Lipinski definition) is 1. The molecule has 202 valence electrons. The smallest absolute Gasteiger partial charge is 0.270 e. The summed E-state index contributed by atoms with van der Waals surface area (Å²) >= 11 is 0. The van der Waals surface area contributed by atoms with Crippen molar-refractivity contribution in [1.82, 2.24) is 14.7 Å². The van der Waals surface area contributed by atoms with Crippen molar-refractivity contribution in [2.24, 2.45) is 0 Å². The first-order valence-electron chi connectivity index (χ1n) is 13.9. The summed E-state index contributed by atoms with van der Waals surface area (Å²) in [6, 6.07) is 16.2.